The first-order chi connectivity index (χ1) is 12.2. The van der Waals surface area contributed by atoms with Crippen molar-refractivity contribution in [3.8, 4) is 11.5 Å². The van der Waals surface area contributed by atoms with E-state index in [2.05, 4.69) is 33.6 Å². The SMILES string of the molecule is Cc1cc(Nc2ccccc2C)nc(Nc2ccc3c(c2)OCO3)n1. The van der Waals surface area contributed by atoms with Crippen molar-refractivity contribution in [3.63, 3.8) is 0 Å². The Morgan fingerprint density at radius 1 is 0.880 bits per heavy atom. The van der Waals surface area contributed by atoms with E-state index in [1.54, 1.807) is 0 Å². The average Bonchev–Trinajstić information content (AvgIpc) is 3.04. The van der Waals surface area contributed by atoms with Crippen LogP contribution in [-0.2, 0) is 0 Å². The van der Waals surface area contributed by atoms with Crippen LogP contribution in [0.5, 0.6) is 11.5 Å². The predicted molar refractivity (Wildman–Crippen MR) is 97.1 cm³/mol. The molecule has 2 N–H and O–H groups in total. The minimum Gasteiger partial charge on any atom is -0.454 e. The van der Waals surface area contributed by atoms with E-state index in [1.807, 2.05) is 49.4 Å². The van der Waals surface area contributed by atoms with Crippen LogP contribution in [0.1, 0.15) is 11.3 Å². The summed E-state index contributed by atoms with van der Waals surface area (Å²) in [6.07, 6.45) is 0. The number of para-hydroxylation sites is 1. The zero-order valence-corrected chi connectivity index (χ0v) is 14.0. The lowest BCUT2D eigenvalue weighted by atomic mass is 10.2. The van der Waals surface area contributed by atoms with Gasteiger partial charge in [-0.1, -0.05) is 18.2 Å². The fraction of sp³-hybridized carbons (Fsp3) is 0.158. The summed E-state index contributed by atoms with van der Waals surface area (Å²) < 4.78 is 10.7. The Bertz CT molecular complexity index is 927. The van der Waals surface area contributed by atoms with Crippen LogP contribution in [0.4, 0.5) is 23.1 Å². The van der Waals surface area contributed by atoms with Gasteiger partial charge in [0, 0.05) is 29.2 Å². The molecule has 0 radical (unpaired) electrons. The second-order valence-corrected chi connectivity index (χ2v) is 5.85. The van der Waals surface area contributed by atoms with Crippen LogP contribution in [0.25, 0.3) is 0 Å². The number of hydrogen-bond donors (Lipinski definition) is 2. The molecule has 0 spiro atoms. The molecule has 2 heterocycles. The van der Waals surface area contributed by atoms with E-state index in [4.69, 9.17) is 9.47 Å². The summed E-state index contributed by atoms with van der Waals surface area (Å²) in [7, 11) is 0. The molecule has 0 fully saturated rings. The molecule has 25 heavy (non-hydrogen) atoms. The van der Waals surface area contributed by atoms with E-state index in [9.17, 15) is 0 Å². The Balaban J connectivity index is 1.58. The fourth-order valence-corrected chi connectivity index (χ4v) is 2.64. The van der Waals surface area contributed by atoms with Crippen molar-refractivity contribution in [2.75, 3.05) is 17.4 Å². The first kappa shape index (κ1) is 15.3. The quantitative estimate of drug-likeness (QED) is 0.741. The lowest BCUT2D eigenvalue weighted by Crippen LogP contribution is -2.03. The van der Waals surface area contributed by atoms with Crippen LogP contribution in [0.15, 0.2) is 48.5 Å². The number of rotatable bonds is 4. The van der Waals surface area contributed by atoms with E-state index in [-0.39, 0.29) is 6.79 Å². The zero-order valence-electron chi connectivity index (χ0n) is 14.0. The number of anilines is 4. The topological polar surface area (TPSA) is 68.3 Å². The highest BCUT2D eigenvalue weighted by atomic mass is 16.7. The van der Waals surface area contributed by atoms with Crippen molar-refractivity contribution in [1.82, 2.24) is 9.97 Å². The van der Waals surface area contributed by atoms with Gasteiger partial charge in [-0.15, -0.1) is 0 Å². The summed E-state index contributed by atoms with van der Waals surface area (Å²) in [6.45, 7) is 4.25. The zero-order chi connectivity index (χ0) is 17.2. The summed E-state index contributed by atoms with van der Waals surface area (Å²) >= 11 is 0. The van der Waals surface area contributed by atoms with Crippen molar-refractivity contribution in [1.29, 1.82) is 0 Å². The van der Waals surface area contributed by atoms with Gasteiger partial charge in [-0.05, 0) is 37.6 Å². The third-order valence-corrected chi connectivity index (χ3v) is 3.89. The second-order valence-electron chi connectivity index (χ2n) is 5.85. The van der Waals surface area contributed by atoms with Crippen LogP contribution >= 0.6 is 0 Å². The van der Waals surface area contributed by atoms with Gasteiger partial charge in [0.2, 0.25) is 12.7 Å². The summed E-state index contributed by atoms with van der Waals surface area (Å²) in [4.78, 5) is 9.01. The number of aromatic nitrogens is 2. The molecule has 4 rings (SSSR count). The average molecular weight is 334 g/mol. The van der Waals surface area contributed by atoms with E-state index < -0.39 is 0 Å². The van der Waals surface area contributed by atoms with Crippen LogP contribution in [0, 0.1) is 13.8 Å². The van der Waals surface area contributed by atoms with E-state index >= 15 is 0 Å². The van der Waals surface area contributed by atoms with Gasteiger partial charge in [0.15, 0.2) is 11.5 Å². The summed E-state index contributed by atoms with van der Waals surface area (Å²) in [5, 5.41) is 6.56. The van der Waals surface area contributed by atoms with Gasteiger partial charge in [-0.25, -0.2) is 4.98 Å². The molecule has 0 saturated heterocycles. The van der Waals surface area contributed by atoms with Crippen molar-refractivity contribution in [2.45, 2.75) is 13.8 Å². The minimum absolute atomic E-state index is 0.254. The number of aryl methyl sites for hydroxylation is 2. The molecule has 6 nitrogen and oxygen atoms in total. The van der Waals surface area contributed by atoms with Gasteiger partial charge in [0.25, 0.3) is 0 Å². The largest absolute Gasteiger partial charge is 0.454 e. The first-order valence-corrected chi connectivity index (χ1v) is 8.02. The molecular weight excluding hydrogens is 316 g/mol. The first-order valence-electron chi connectivity index (χ1n) is 8.02. The Morgan fingerprint density at radius 3 is 2.60 bits per heavy atom. The monoisotopic (exact) mass is 334 g/mol. The number of hydrogen-bond acceptors (Lipinski definition) is 6. The molecular formula is C19H18N4O2. The van der Waals surface area contributed by atoms with Crippen molar-refractivity contribution in [3.05, 3.63) is 59.8 Å². The third-order valence-electron chi connectivity index (χ3n) is 3.89. The molecule has 6 heteroatoms. The molecule has 1 aliphatic heterocycles. The molecule has 3 aromatic rings. The van der Waals surface area contributed by atoms with E-state index in [0.717, 1.165) is 39.9 Å². The maximum absolute atomic E-state index is 5.40. The van der Waals surface area contributed by atoms with Crippen LogP contribution < -0.4 is 20.1 Å². The number of nitrogens with one attached hydrogen (secondary N) is 2. The number of ether oxygens (including phenoxy) is 2. The molecule has 0 bridgehead atoms. The van der Waals surface area contributed by atoms with E-state index in [1.165, 1.54) is 0 Å². The van der Waals surface area contributed by atoms with Gasteiger partial charge < -0.3 is 20.1 Å². The molecule has 1 aliphatic rings. The Hall–Kier alpha value is -3.28. The molecule has 0 amide bonds. The molecule has 126 valence electrons. The molecule has 0 aliphatic carbocycles. The van der Waals surface area contributed by atoms with Gasteiger partial charge in [0.1, 0.15) is 5.82 Å². The standard InChI is InChI=1S/C19H18N4O2/c1-12-5-3-4-6-15(12)22-18-9-13(2)20-19(23-18)21-14-7-8-16-17(10-14)25-11-24-16/h3-10H,11H2,1-2H3,(H2,20,21,22,23). The van der Waals surface area contributed by atoms with Crippen LogP contribution in [-0.4, -0.2) is 16.8 Å². The fourth-order valence-electron chi connectivity index (χ4n) is 2.64. The van der Waals surface area contributed by atoms with Gasteiger partial charge >= 0.3 is 0 Å². The van der Waals surface area contributed by atoms with Gasteiger partial charge in [0.05, 0.1) is 0 Å². The normalized spacial score (nSPS) is 12.1. The van der Waals surface area contributed by atoms with Crippen LogP contribution in [0.3, 0.4) is 0 Å². The molecule has 0 unspecified atom stereocenters. The summed E-state index contributed by atoms with van der Waals surface area (Å²) in [5.41, 5.74) is 3.89. The maximum Gasteiger partial charge on any atom is 0.231 e. The smallest absolute Gasteiger partial charge is 0.231 e. The van der Waals surface area contributed by atoms with Crippen molar-refractivity contribution >= 4 is 23.1 Å². The lowest BCUT2D eigenvalue weighted by molar-refractivity contribution is 0.174. The molecule has 0 atom stereocenters. The summed E-state index contributed by atoms with van der Waals surface area (Å²) in [5.74, 6) is 2.73. The van der Waals surface area contributed by atoms with Gasteiger partial charge in [-0.3, -0.25) is 0 Å². The van der Waals surface area contributed by atoms with Crippen molar-refractivity contribution in [2.24, 2.45) is 0 Å². The lowest BCUT2D eigenvalue weighted by Gasteiger charge is -2.11. The van der Waals surface area contributed by atoms with Gasteiger partial charge in [-0.2, -0.15) is 4.98 Å². The number of nitrogens with zero attached hydrogens (tertiary/aromatic N) is 2. The molecule has 1 aromatic heterocycles. The Kier molecular flexibility index (Phi) is 3.85. The highest BCUT2D eigenvalue weighted by Crippen LogP contribution is 2.34. The molecule has 2 aromatic carbocycles. The Morgan fingerprint density at radius 2 is 1.72 bits per heavy atom. The Labute approximate surface area is 145 Å². The molecule has 0 saturated carbocycles. The highest BCUT2D eigenvalue weighted by molar-refractivity contribution is 5.64. The predicted octanol–water partition coefficient (Wildman–Crippen LogP) is 4.31. The number of benzene rings is 2. The van der Waals surface area contributed by atoms with E-state index in [0.29, 0.717) is 5.95 Å². The minimum atomic E-state index is 0.254. The third kappa shape index (κ3) is 3.33. The maximum atomic E-state index is 5.40. The van der Waals surface area contributed by atoms with Crippen LogP contribution in [0.2, 0.25) is 0 Å². The second kappa shape index (κ2) is 6.32. The highest BCUT2D eigenvalue weighted by Gasteiger charge is 2.14. The number of fused-ring (bicyclic) bond motifs is 1. The summed E-state index contributed by atoms with van der Waals surface area (Å²) in [6, 6.07) is 15.7. The van der Waals surface area contributed by atoms with Crippen molar-refractivity contribution < 1.29 is 9.47 Å².